The van der Waals surface area contributed by atoms with Crippen LogP contribution in [0.1, 0.15) is 32.8 Å². The molecular weight excluding hydrogens is 246 g/mol. The molecule has 0 radical (unpaired) electrons. The first kappa shape index (κ1) is 13.7. The maximum absolute atomic E-state index is 6.12. The molecule has 1 aromatic rings. The van der Waals surface area contributed by atoms with E-state index in [0.29, 0.717) is 6.04 Å². The third-order valence-corrected chi connectivity index (χ3v) is 4.57. The summed E-state index contributed by atoms with van der Waals surface area (Å²) in [6.07, 6.45) is 2.28. The van der Waals surface area contributed by atoms with Crippen LogP contribution in [0.5, 0.6) is 5.75 Å². The monoisotopic (exact) mass is 267 g/mol. The fourth-order valence-corrected chi connectivity index (χ4v) is 2.89. The summed E-state index contributed by atoms with van der Waals surface area (Å²) in [7, 11) is 2.01. The first-order valence-corrected chi connectivity index (χ1v) is 6.99. The lowest BCUT2D eigenvalue weighted by Gasteiger charge is -2.51. The van der Waals surface area contributed by atoms with E-state index in [1.165, 1.54) is 0 Å². The molecule has 1 fully saturated rings. The molecule has 0 spiro atoms. The van der Waals surface area contributed by atoms with Gasteiger partial charge in [0.15, 0.2) is 0 Å². The highest BCUT2D eigenvalue weighted by Crippen LogP contribution is 2.43. The highest BCUT2D eigenvalue weighted by atomic mass is 35.5. The first-order chi connectivity index (χ1) is 8.48. The summed E-state index contributed by atoms with van der Waals surface area (Å²) in [5.74, 6) is 0.934. The Morgan fingerprint density at radius 2 is 2.17 bits per heavy atom. The van der Waals surface area contributed by atoms with E-state index in [-0.39, 0.29) is 11.5 Å². The van der Waals surface area contributed by atoms with Gasteiger partial charge < -0.3 is 10.1 Å². The van der Waals surface area contributed by atoms with E-state index in [1.54, 1.807) is 0 Å². The molecule has 3 heteroatoms. The normalized spacial score (nSPS) is 25.6. The molecule has 0 aromatic heterocycles. The van der Waals surface area contributed by atoms with E-state index < -0.39 is 0 Å². The molecule has 2 rings (SSSR count). The highest BCUT2D eigenvalue weighted by molar-refractivity contribution is 6.31. The number of halogens is 1. The van der Waals surface area contributed by atoms with Crippen LogP contribution in [0.2, 0.25) is 5.02 Å². The Kier molecular flexibility index (Phi) is 3.88. The summed E-state index contributed by atoms with van der Waals surface area (Å²) in [5, 5.41) is 4.16. The van der Waals surface area contributed by atoms with Crippen molar-refractivity contribution in [2.45, 2.75) is 45.8 Å². The molecule has 2 atom stereocenters. The van der Waals surface area contributed by atoms with Crippen LogP contribution in [0.15, 0.2) is 18.2 Å². The molecule has 2 nitrogen and oxygen atoms in total. The second-order valence-corrected chi connectivity index (χ2v) is 6.02. The lowest BCUT2D eigenvalue weighted by molar-refractivity contribution is -0.0521. The number of aryl methyl sites for hydroxylation is 1. The Hall–Kier alpha value is -0.730. The fourth-order valence-electron chi connectivity index (χ4n) is 2.63. The minimum absolute atomic E-state index is 0.181. The molecule has 1 saturated carbocycles. The average Bonchev–Trinajstić information content (AvgIpc) is 2.35. The van der Waals surface area contributed by atoms with E-state index >= 15 is 0 Å². The molecule has 1 N–H and O–H groups in total. The van der Waals surface area contributed by atoms with Crippen LogP contribution in [0.25, 0.3) is 0 Å². The van der Waals surface area contributed by atoms with E-state index in [9.17, 15) is 0 Å². The number of hydrogen-bond acceptors (Lipinski definition) is 2. The van der Waals surface area contributed by atoms with Crippen molar-refractivity contribution in [1.82, 2.24) is 5.32 Å². The van der Waals surface area contributed by atoms with Gasteiger partial charge in [-0.2, -0.15) is 0 Å². The summed E-state index contributed by atoms with van der Waals surface area (Å²) in [6, 6.07) is 6.49. The second kappa shape index (κ2) is 5.10. The van der Waals surface area contributed by atoms with Crippen LogP contribution in [-0.4, -0.2) is 19.2 Å². The van der Waals surface area contributed by atoms with Gasteiger partial charge in [-0.25, -0.2) is 0 Å². The van der Waals surface area contributed by atoms with Crippen LogP contribution >= 0.6 is 11.6 Å². The Bertz CT molecular complexity index is 431. The zero-order chi connectivity index (χ0) is 13.3. The molecule has 2 unspecified atom stereocenters. The summed E-state index contributed by atoms with van der Waals surface area (Å²) in [5.41, 5.74) is 1.33. The van der Waals surface area contributed by atoms with Crippen molar-refractivity contribution in [2.75, 3.05) is 7.05 Å². The van der Waals surface area contributed by atoms with Gasteiger partial charge in [-0.15, -0.1) is 0 Å². The van der Waals surface area contributed by atoms with E-state index in [2.05, 4.69) is 32.2 Å². The standard InChI is InChI=1S/C15H22ClNO/c1-5-10-8-11(6-7-12(10)16)18-14-9-13(17-4)15(14,2)3/h6-8,13-14,17H,5,9H2,1-4H3. The molecule has 0 heterocycles. The molecule has 0 bridgehead atoms. The minimum atomic E-state index is 0.181. The number of nitrogens with one attached hydrogen (secondary N) is 1. The van der Waals surface area contributed by atoms with Gasteiger partial charge in [0.05, 0.1) is 0 Å². The summed E-state index contributed by atoms with van der Waals surface area (Å²) in [6.45, 7) is 6.60. The van der Waals surface area contributed by atoms with E-state index in [4.69, 9.17) is 16.3 Å². The Morgan fingerprint density at radius 3 is 2.72 bits per heavy atom. The second-order valence-electron chi connectivity index (χ2n) is 5.61. The molecule has 1 aromatic carbocycles. The zero-order valence-corrected chi connectivity index (χ0v) is 12.3. The van der Waals surface area contributed by atoms with Gasteiger partial charge in [-0.3, -0.25) is 0 Å². The molecule has 0 saturated heterocycles. The zero-order valence-electron chi connectivity index (χ0n) is 11.6. The van der Waals surface area contributed by atoms with Gasteiger partial charge in [-0.1, -0.05) is 32.4 Å². The third kappa shape index (κ3) is 2.36. The number of hydrogen-bond donors (Lipinski definition) is 1. The maximum Gasteiger partial charge on any atom is 0.120 e. The van der Waals surface area contributed by atoms with Crippen molar-refractivity contribution >= 4 is 11.6 Å². The molecule has 0 amide bonds. The van der Waals surface area contributed by atoms with E-state index in [0.717, 1.165) is 29.2 Å². The van der Waals surface area contributed by atoms with Crippen LogP contribution in [0, 0.1) is 5.41 Å². The van der Waals surface area contributed by atoms with Crippen molar-refractivity contribution in [2.24, 2.45) is 5.41 Å². The van der Waals surface area contributed by atoms with Crippen molar-refractivity contribution in [1.29, 1.82) is 0 Å². The van der Waals surface area contributed by atoms with Crippen molar-refractivity contribution in [3.63, 3.8) is 0 Å². The highest BCUT2D eigenvalue weighted by Gasteiger charge is 2.49. The minimum Gasteiger partial charge on any atom is -0.490 e. The number of rotatable bonds is 4. The van der Waals surface area contributed by atoms with Crippen LogP contribution in [0.4, 0.5) is 0 Å². The predicted octanol–water partition coefficient (Wildman–Crippen LogP) is 3.67. The number of benzene rings is 1. The van der Waals surface area contributed by atoms with E-state index in [1.807, 2.05) is 19.2 Å². The molecule has 1 aliphatic rings. The van der Waals surface area contributed by atoms with Gasteiger partial charge in [0.2, 0.25) is 0 Å². The predicted molar refractivity (Wildman–Crippen MR) is 76.5 cm³/mol. The summed E-state index contributed by atoms with van der Waals surface area (Å²) < 4.78 is 6.10. The van der Waals surface area contributed by atoms with Crippen LogP contribution < -0.4 is 10.1 Å². The topological polar surface area (TPSA) is 21.3 Å². The van der Waals surface area contributed by atoms with Gasteiger partial charge in [0, 0.05) is 22.9 Å². The summed E-state index contributed by atoms with van der Waals surface area (Å²) in [4.78, 5) is 0. The summed E-state index contributed by atoms with van der Waals surface area (Å²) >= 11 is 6.12. The average molecular weight is 268 g/mol. The fraction of sp³-hybridized carbons (Fsp3) is 0.600. The first-order valence-electron chi connectivity index (χ1n) is 6.61. The molecule has 100 valence electrons. The lowest BCUT2D eigenvalue weighted by Crippen LogP contribution is -2.61. The van der Waals surface area contributed by atoms with Gasteiger partial charge >= 0.3 is 0 Å². The van der Waals surface area contributed by atoms with Crippen LogP contribution in [0.3, 0.4) is 0 Å². The Balaban J connectivity index is 2.07. The van der Waals surface area contributed by atoms with Crippen molar-refractivity contribution in [3.05, 3.63) is 28.8 Å². The van der Waals surface area contributed by atoms with Gasteiger partial charge in [0.25, 0.3) is 0 Å². The van der Waals surface area contributed by atoms with Crippen molar-refractivity contribution in [3.8, 4) is 5.75 Å². The third-order valence-electron chi connectivity index (χ3n) is 4.20. The molecule has 18 heavy (non-hydrogen) atoms. The molecule has 0 aliphatic heterocycles. The quantitative estimate of drug-likeness (QED) is 0.899. The largest absolute Gasteiger partial charge is 0.490 e. The van der Waals surface area contributed by atoms with Gasteiger partial charge in [0.1, 0.15) is 11.9 Å². The molecular formula is C15H22ClNO. The molecule has 1 aliphatic carbocycles. The smallest absolute Gasteiger partial charge is 0.120 e. The SMILES string of the molecule is CCc1cc(OC2CC(NC)C2(C)C)ccc1Cl. The number of ether oxygens (including phenoxy) is 1. The van der Waals surface area contributed by atoms with Crippen molar-refractivity contribution < 1.29 is 4.74 Å². The Labute approximate surface area is 115 Å². The maximum atomic E-state index is 6.12. The van der Waals surface area contributed by atoms with Crippen LogP contribution in [-0.2, 0) is 6.42 Å². The van der Waals surface area contributed by atoms with Gasteiger partial charge in [-0.05, 0) is 37.2 Å². The lowest BCUT2D eigenvalue weighted by atomic mass is 9.64. The Morgan fingerprint density at radius 1 is 1.44 bits per heavy atom.